The van der Waals surface area contributed by atoms with Crippen LogP contribution in [0.2, 0.25) is 0 Å². The first-order valence-electron chi connectivity index (χ1n) is 14.9. The number of rotatable bonds is 10. The van der Waals surface area contributed by atoms with Gasteiger partial charge in [-0.2, -0.15) is 45.6 Å². The molecule has 5 aromatic carbocycles. The van der Waals surface area contributed by atoms with Crippen molar-refractivity contribution in [1.82, 2.24) is 15.0 Å². The molecule has 0 bridgehead atoms. The summed E-state index contributed by atoms with van der Waals surface area (Å²) in [7, 11) is -13.8. The molecule has 1 aromatic heterocycles. The number of nitrogens with one attached hydrogen (secondary N) is 4. The lowest BCUT2D eigenvalue weighted by molar-refractivity contribution is 0.472. The van der Waals surface area contributed by atoms with Crippen LogP contribution in [0.3, 0.4) is 0 Å². The quantitative estimate of drug-likeness (QED) is 0.0619. The molecule has 6 rings (SSSR count). The zero-order valence-corrected chi connectivity index (χ0v) is 29.3. The predicted octanol–water partition coefficient (Wildman–Crippen LogP) is 5.62. The Morgan fingerprint density at radius 1 is 0.630 bits per heavy atom. The van der Waals surface area contributed by atoms with E-state index in [2.05, 4.69) is 45.7 Å². The maximum Gasteiger partial charge on any atom is 0.296 e. The molecular formula is C31H24N10O10S3. The average molecular weight is 793 g/mol. The Hall–Kier alpha value is -6.50. The summed E-state index contributed by atoms with van der Waals surface area (Å²) in [4.78, 5) is 12.1. The van der Waals surface area contributed by atoms with Crippen LogP contribution in [0.5, 0.6) is 5.75 Å². The monoisotopic (exact) mass is 792 g/mol. The lowest BCUT2D eigenvalue weighted by Gasteiger charge is -2.11. The van der Waals surface area contributed by atoms with Crippen molar-refractivity contribution in [3.63, 3.8) is 0 Å². The molecule has 0 unspecified atom stereocenters. The summed E-state index contributed by atoms with van der Waals surface area (Å²) in [5.41, 5.74) is 0.359. The van der Waals surface area contributed by atoms with Crippen LogP contribution in [0.25, 0.3) is 10.8 Å². The van der Waals surface area contributed by atoms with Crippen molar-refractivity contribution in [2.24, 2.45) is 25.4 Å². The highest BCUT2D eigenvalue weighted by atomic mass is 32.2. The van der Waals surface area contributed by atoms with Crippen LogP contribution in [0.15, 0.2) is 137 Å². The molecular weight excluding hydrogens is 769 g/mol. The number of nitrogens with zero attached hydrogens (tertiary/aromatic N) is 6. The predicted molar refractivity (Wildman–Crippen MR) is 190 cm³/mol. The second-order valence-corrected chi connectivity index (χ2v) is 15.2. The number of azo groups is 2. The molecule has 0 aliphatic carbocycles. The molecule has 276 valence electrons. The maximum atomic E-state index is 12.4. The van der Waals surface area contributed by atoms with Crippen molar-refractivity contribution in [2.75, 3.05) is 5.32 Å². The first-order valence-corrected chi connectivity index (χ1v) is 19.2. The minimum absolute atomic E-state index is 0.0192. The van der Waals surface area contributed by atoms with Crippen LogP contribution in [-0.2, 0) is 30.4 Å². The first-order chi connectivity index (χ1) is 25.4. The van der Waals surface area contributed by atoms with E-state index in [1.165, 1.54) is 72.8 Å². The van der Waals surface area contributed by atoms with Gasteiger partial charge in [-0.25, -0.2) is 4.99 Å². The van der Waals surface area contributed by atoms with E-state index in [4.69, 9.17) is 9.96 Å². The third-order valence-corrected chi connectivity index (χ3v) is 9.76. The number of fused-ring (bicyclic) bond motifs is 1. The molecule has 0 aliphatic heterocycles. The number of hydrogen-bond donors (Lipinski definition) is 8. The Labute approximate surface area is 304 Å². The van der Waals surface area contributed by atoms with E-state index in [1.54, 1.807) is 0 Å². The van der Waals surface area contributed by atoms with E-state index in [-0.39, 0.29) is 44.2 Å². The van der Waals surface area contributed by atoms with E-state index in [0.717, 1.165) is 24.3 Å². The molecule has 0 saturated heterocycles. The van der Waals surface area contributed by atoms with Gasteiger partial charge in [0.25, 0.3) is 30.4 Å². The van der Waals surface area contributed by atoms with Crippen molar-refractivity contribution in [3.05, 3.63) is 108 Å². The third kappa shape index (κ3) is 8.92. The molecule has 0 atom stereocenters. The fourth-order valence-electron chi connectivity index (χ4n) is 4.73. The Balaban J connectivity index is 1.25. The number of aromatic hydroxyl groups is 1. The summed E-state index contributed by atoms with van der Waals surface area (Å²) in [6.07, 6.45) is 0. The maximum absolute atomic E-state index is 12.4. The van der Waals surface area contributed by atoms with Gasteiger partial charge in [0.15, 0.2) is 5.75 Å². The number of hydrogen-bond acceptors (Lipinski definition) is 15. The summed E-state index contributed by atoms with van der Waals surface area (Å²) in [5, 5.41) is 38.2. The van der Waals surface area contributed by atoms with Crippen molar-refractivity contribution in [1.29, 1.82) is 5.41 Å². The molecule has 0 spiro atoms. The number of benzene rings is 5. The number of H-pyrrole nitrogens is 2. The standard InChI is InChI=1S/C31H24N10O10S3/c32-29-35-30(33-21-2-1-3-24(16-21)53(46,47)48)37-31(36-29)34-22-10-13-25-17(14-22)15-26(54(49,50)51)27(28(25)42)41-40-19-6-4-18(5-7-19)38-39-20-8-11-23(12-9-20)52(43,44)45/h1-16,42H,(H,43,44,45)(H,46,47,48)(H,49,50,51)(H4,32,33,34,35,36,37). The van der Waals surface area contributed by atoms with Crippen LogP contribution in [-0.4, -0.2) is 59.0 Å². The normalized spacial score (nSPS) is 12.9. The van der Waals surface area contributed by atoms with Gasteiger partial charge in [-0.1, -0.05) is 6.07 Å². The smallest absolute Gasteiger partial charge is 0.296 e. The van der Waals surface area contributed by atoms with Crippen LogP contribution < -0.4 is 16.6 Å². The molecule has 0 fully saturated rings. The second kappa shape index (κ2) is 14.5. The SMILES string of the molecule is N=c1nc(Nc2ccc3c(O)c(N=Nc4ccc(N=Nc5ccc(S(=O)(=O)O)cc5)cc4)c(S(=O)(=O)O)cc3c2)[nH]c(=Nc2cccc(S(=O)(=O)O)c2)[nH]1. The van der Waals surface area contributed by atoms with Gasteiger partial charge in [0.2, 0.25) is 17.2 Å². The fourth-order valence-corrected chi connectivity index (χ4v) is 6.39. The van der Waals surface area contributed by atoms with Gasteiger partial charge in [-0.15, -0.1) is 5.11 Å². The molecule has 0 aliphatic rings. The average Bonchev–Trinajstić information content (AvgIpc) is 3.09. The minimum Gasteiger partial charge on any atom is -0.505 e. The molecule has 20 nitrogen and oxygen atoms in total. The molecule has 6 aromatic rings. The summed E-state index contributed by atoms with van der Waals surface area (Å²) >= 11 is 0. The summed E-state index contributed by atoms with van der Waals surface area (Å²) in [6, 6.07) is 21.5. The topological polar surface area (TPSA) is 325 Å². The van der Waals surface area contributed by atoms with Gasteiger partial charge in [0.05, 0.1) is 32.5 Å². The Morgan fingerprint density at radius 3 is 1.81 bits per heavy atom. The first kappa shape index (κ1) is 37.3. The molecule has 54 heavy (non-hydrogen) atoms. The minimum atomic E-state index is -4.95. The lowest BCUT2D eigenvalue weighted by atomic mass is 10.1. The molecule has 0 saturated carbocycles. The van der Waals surface area contributed by atoms with E-state index >= 15 is 0 Å². The van der Waals surface area contributed by atoms with Crippen LogP contribution in [0.1, 0.15) is 0 Å². The highest BCUT2D eigenvalue weighted by molar-refractivity contribution is 7.86. The van der Waals surface area contributed by atoms with Gasteiger partial charge in [-0.05, 0) is 96.4 Å². The number of phenols is 1. The second-order valence-electron chi connectivity index (χ2n) is 11.0. The largest absolute Gasteiger partial charge is 0.505 e. The number of anilines is 2. The van der Waals surface area contributed by atoms with Gasteiger partial charge in [0, 0.05) is 11.1 Å². The summed E-state index contributed by atoms with van der Waals surface area (Å²) in [6.45, 7) is 0. The molecule has 23 heteroatoms. The highest BCUT2D eigenvalue weighted by Gasteiger charge is 2.22. The van der Waals surface area contributed by atoms with Crippen LogP contribution in [0, 0.1) is 5.41 Å². The number of aromatic amines is 2. The lowest BCUT2D eigenvalue weighted by Crippen LogP contribution is -2.27. The van der Waals surface area contributed by atoms with Crippen LogP contribution in [0.4, 0.5) is 40.1 Å². The van der Waals surface area contributed by atoms with Crippen molar-refractivity contribution in [2.45, 2.75) is 14.7 Å². The Bertz CT molecular complexity index is 2970. The Morgan fingerprint density at radius 2 is 1.22 bits per heavy atom. The van der Waals surface area contributed by atoms with Crippen molar-refractivity contribution >= 4 is 81.2 Å². The highest BCUT2D eigenvalue weighted by Crippen LogP contribution is 2.42. The fraction of sp³-hybridized carbons (Fsp3) is 0. The molecule has 0 radical (unpaired) electrons. The van der Waals surface area contributed by atoms with Crippen molar-refractivity contribution < 1.29 is 44.0 Å². The van der Waals surface area contributed by atoms with Gasteiger partial charge < -0.3 is 10.4 Å². The summed E-state index contributed by atoms with van der Waals surface area (Å²) < 4.78 is 98.6. The van der Waals surface area contributed by atoms with E-state index in [1.807, 2.05) is 0 Å². The van der Waals surface area contributed by atoms with Crippen molar-refractivity contribution in [3.8, 4) is 5.75 Å². The molecule has 0 amide bonds. The molecule has 8 N–H and O–H groups in total. The zero-order chi connectivity index (χ0) is 38.8. The zero-order valence-electron chi connectivity index (χ0n) is 26.9. The molecule has 1 heterocycles. The van der Waals surface area contributed by atoms with Gasteiger partial charge in [-0.3, -0.25) is 29.0 Å². The van der Waals surface area contributed by atoms with Crippen LogP contribution >= 0.6 is 0 Å². The number of phenolic OH excluding ortho intramolecular Hbond substituents is 1. The summed E-state index contributed by atoms with van der Waals surface area (Å²) in [5.74, 6) is -0.629. The van der Waals surface area contributed by atoms with Gasteiger partial charge in [0.1, 0.15) is 10.6 Å². The van der Waals surface area contributed by atoms with Gasteiger partial charge >= 0.3 is 0 Å². The van der Waals surface area contributed by atoms with E-state index < -0.39 is 51.6 Å². The Kier molecular flexibility index (Phi) is 10.0. The third-order valence-electron chi connectivity index (χ3n) is 7.18. The number of aromatic nitrogens is 3. The van der Waals surface area contributed by atoms with E-state index in [0.29, 0.717) is 17.1 Å². The van der Waals surface area contributed by atoms with E-state index in [9.17, 15) is 39.5 Å².